The van der Waals surface area contributed by atoms with Gasteiger partial charge in [-0.2, -0.15) is 9.78 Å². The number of benzene rings is 3. The Labute approximate surface area is 232 Å². The average molecular weight is 599 g/mol. The molecule has 0 spiro atoms. The van der Waals surface area contributed by atoms with Gasteiger partial charge in [-0.15, -0.1) is 0 Å². The number of hydrogen-bond acceptors (Lipinski definition) is 7. The lowest BCUT2D eigenvalue weighted by atomic mass is 10.1. The lowest BCUT2D eigenvalue weighted by Gasteiger charge is -2.15. The number of aromatic nitrogens is 2. The van der Waals surface area contributed by atoms with Crippen molar-refractivity contribution in [2.24, 2.45) is 5.10 Å². The van der Waals surface area contributed by atoms with E-state index in [1.54, 1.807) is 24.4 Å². The lowest BCUT2D eigenvalue weighted by molar-refractivity contribution is 0.174. The first kappa shape index (κ1) is 26.1. The second-order valence-electron chi connectivity index (χ2n) is 8.81. The normalized spacial score (nSPS) is 13.3. The first-order valence-corrected chi connectivity index (χ1v) is 13.2. The molecule has 0 unspecified atom stereocenters. The zero-order valence-electron chi connectivity index (χ0n) is 21.0. The van der Waals surface area contributed by atoms with Crippen molar-refractivity contribution in [2.75, 3.05) is 13.9 Å². The summed E-state index contributed by atoms with van der Waals surface area (Å²) in [6, 6.07) is 14.5. The van der Waals surface area contributed by atoms with E-state index in [-0.39, 0.29) is 24.9 Å². The van der Waals surface area contributed by atoms with Crippen LogP contribution in [0.25, 0.3) is 10.9 Å². The van der Waals surface area contributed by atoms with E-state index >= 15 is 0 Å². The Morgan fingerprint density at radius 2 is 2.00 bits per heavy atom. The van der Waals surface area contributed by atoms with Crippen molar-refractivity contribution in [3.63, 3.8) is 0 Å². The van der Waals surface area contributed by atoms with Crippen molar-refractivity contribution < 1.29 is 18.9 Å². The maximum Gasteiger partial charge on any atom is 0.282 e. The Balaban J connectivity index is 1.45. The zero-order valence-corrected chi connectivity index (χ0v) is 23.4. The fraction of sp³-hybridized carbons (Fsp3) is 0.250. The van der Waals surface area contributed by atoms with Gasteiger partial charge in [-0.3, -0.25) is 4.79 Å². The van der Waals surface area contributed by atoms with Gasteiger partial charge in [-0.25, -0.2) is 4.98 Å². The largest absolute Gasteiger partial charge is 0.493 e. The SMILES string of the molecule is CC[C@H](C)c1nc2ccc(Br)cc2c(=O)n1N=Cc1cc(Cl)c(OCc2ccc3c(c2)OCO3)c(OC)c1. The van der Waals surface area contributed by atoms with E-state index in [0.717, 1.165) is 16.5 Å². The van der Waals surface area contributed by atoms with E-state index in [0.29, 0.717) is 50.3 Å². The zero-order chi connectivity index (χ0) is 26.8. The molecule has 10 heteroatoms. The Bertz CT molecular complexity index is 1600. The van der Waals surface area contributed by atoms with E-state index < -0.39 is 0 Å². The molecule has 4 aromatic rings. The molecule has 0 radical (unpaired) electrons. The van der Waals surface area contributed by atoms with Crippen LogP contribution in [0.1, 0.15) is 43.1 Å². The highest BCUT2D eigenvalue weighted by Crippen LogP contribution is 2.38. The van der Waals surface area contributed by atoms with Gasteiger partial charge >= 0.3 is 0 Å². The highest BCUT2D eigenvalue weighted by Gasteiger charge is 2.17. The molecule has 0 aliphatic carbocycles. The number of methoxy groups -OCH3 is 1. The van der Waals surface area contributed by atoms with E-state index in [9.17, 15) is 4.79 Å². The van der Waals surface area contributed by atoms with Crippen LogP contribution in [0.3, 0.4) is 0 Å². The molecule has 0 bridgehead atoms. The molecule has 38 heavy (non-hydrogen) atoms. The number of fused-ring (bicyclic) bond motifs is 2. The minimum absolute atomic E-state index is 0.0259. The summed E-state index contributed by atoms with van der Waals surface area (Å²) in [6.45, 7) is 4.53. The third-order valence-electron chi connectivity index (χ3n) is 6.28. The molecule has 0 saturated heterocycles. The van der Waals surface area contributed by atoms with Crippen molar-refractivity contribution in [3.05, 3.63) is 85.3 Å². The summed E-state index contributed by atoms with van der Waals surface area (Å²) in [5.74, 6) is 2.84. The lowest BCUT2D eigenvalue weighted by Crippen LogP contribution is -2.23. The molecular formula is C28H25BrClN3O5. The average Bonchev–Trinajstić information content (AvgIpc) is 3.39. The van der Waals surface area contributed by atoms with Gasteiger partial charge in [0.25, 0.3) is 5.56 Å². The highest BCUT2D eigenvalue weighted by atomic mass is 79.9. The van der Waals surface area contributed by atoms with Crippen LogP contribution >= 0.6 is 27.5 Å². The maximum absolute atomic E-state index is 13.4. The van der Waals surface area contributed by atoms with E-state index in [4.69, 9.17) is 35.5 Å². The third kappa shape index (κ3) is 5.21. The minimum Gasteiger partial charge on any atom is -0.493 e. The summed E-state index contributed by atoms with van der Waals surface area (Å²) in [5, 5.41) is 5.35. The van der Waals surface area contributed by atoms with Gasteiger partial charge < -0.3 is 18.9 Å². The molecule has 1 aliphatic heterocycles. The molecule has 0 saturated carbocycles. The van der Waals surface area contributed by atoms with E-state index in [2.05, 4.69) is 21.0 Å². The fourth-order valence-corrected chi connectivity index (χ4v) is 4.68. The molecule has 1 aromatic heterocycles. The van der Waals surface area contributed by atoms with Gasteiger partial charge in [0.05, 0.1) is 29.2 Å². The Morgan fingerprint density at radius 3 is 2.79 bits per heavy atom. The summed E-state index contributed by atoms with van der Waals surface area (Å²) >= 11 is 10.0. The van der Waals surface area contributed by atoms with Gasteiger partial charge in [-0.05, 0) is 60.0 Å². The molecule has 2 heterocycles. The fourth-order valence-electron chi connectivity index (χ4n) is 4.04. The van der Waals surface area contributed by atoms with E-state index in [1.165, 1.54) is 11.8 Å². The number of halogens is 2. The molecular weight excluding hydrogens is 574 g/mol. The minimum atomic E-state index is -0.246. The Kier molecular flexibility index (Phi) is 7.58. The van der Waals surface area contributed by atoms with Crippen LogP contribution in [0.5, 0.6) is 23.0 Å². The summed E-state index contributed by atoms with van der Waals surface area (Å²) in [6.07, 6.45) is 2.37. The number of nitrogens with zero attached hydrogens (tertiary/aromatic N) is 3. The van der Waals surface area contributed by atoms with Crippen molar-refractivity contribution in [1.82, 2.24) is 9.66 Å². The summed E-state index contributed by atoms with van der Waals surface area (Å²) < 4.78 is 24.5. The quantitative estimate of drug-likeness (QED) is 0.215. The molecule has 0 N–H and O–H groups in total. The first-order valence-electron chi connectivity index (χ1n) is 12.0. The third-order valence-corrected chi connectivity index (χ3v) is 7.05. The van der Waals surface area contributed by atoms with Crippen molar-refractivity contribution >= 4 is 44.6 Å². The Hall–Kier alpha value is -3.56. The second kappa shape index (κ2) is 11.0. The van der Waals surface area contributed by atoms with Crippen molar-refractivity contribution in [1.29, 1.82) is 0 Å². The van der Waals surface area contributed by atoms with Gasteiger partial charge in [0, 0.05) is 10.4 Å². The summed E-state index contributed by atoms with van der Waals surface area (Å²) in [5.41, 5.74) is 1.92. The monoisotopic (exact) mass is 597 g/mol. The smallest absolute Gasteiger partial charge is 0.282 e. The van der Waals surface area contributed by atoms with Gasteiger partial charge in [-0.1, -0.05) is 47.4 Å². The molecule has 0 fully saturated rings. The van der Waals surface area contributed by atoms with Crippen LogP contribution in [-0.4, -0.2) is 29.8 Å². The van der Waals surface area contributed by atoms with Gasteiger partial charge in [0.2, 0.25) is 6.79 Å². The highest BCUT2D eigenvalue weighted by molar-refractivity contribution is 9.10. The summed E-state index contributed by atoms with van der Waals surface area (Å²) in [7, 11) is 1.54. The predicted molar refractivity (Wildman–Crippen MR) is 150 cm³/mol. The van der Waals surface area contributed by atoms with Crippen LogP contribution in [0.2, 0.25) is 5.02 Å². The van der Waals surface area contributed by atoms with Crippen LogP contribution in [-0.2, 0) is 6.61 Å². The molecule has 196 valence electrons. The Morgan fingerprint density at radius 1 is 1.18 bits per heavy atom. The molecule has 5 rings (SSSR count). The first-order chi connectivity index (χ1) is 18.4. The maximum atomic E-state index is 13.4. The van der Waals surface area contributed by atoms with Gasteiger partial charge in [0.1, 0.15) is 12.4 Å². The van der Waals surface area contributed by atoms with Crippen LogP contribution < -0.4 is 24.5 Å². The molecule has 3 aromatic carbocycles. The standard InChI is InChI=1S/C28H25BrClN3O5/c1-4-16(2)27-32-22-7-6-19(29)12-20(22)28(34)33(27)31-13-18-9-21(30)26(25(11-18)35-3)36-14-17-5-8-23-24(10-17)38-15-37-23/h5-13,16H,4,14-15H2,1-3H3/t16-/m0/s1. The number of rotatable bonds is 8. The molecule has 0 amide bonds. The second-order valence-corrected chi connectivity index (χ2v) is 10.1. The topological polar surface area (TPSA) is 84.2 Å². The van der Waals surface area contributed by atoms with Crippen LogP contribution in [0.15, 0.2) is 62.9 Å². The number of ether oxygens (including phenoxy) is 4. The van der Waals surface area contributed by atoms with Crippen LogP contribution in [0, 0.1) is 0 Å². The predicted octanol–water partition coefficient (Wildman–Crippen LogP) is 6.52. The van der Waals surface area contributed by atoms with Gasteiger partial charge in [0.15, 0.2) is 23.0 Å². The van der Waals surface area contributed by atoms with Crippen molar-refractivity contribution in [2.45, 2.75) is 32.8 Å². The molecule has 8 nitrogen and oxygen atoms in total. The summed E-state index contributed by atoms with van der Waals surface area (Å²) in [4.78, 5) is 18.1. The van der Waals surface area contributed by atoms with Crippen molar-refractivity contribution in [3.8, 4) is 23.0 Å². The van der Waals surface area contributed by atoms with Crippen LogP contribution in [0.4, 0.5) is 0 Å². The molecule has 1 atom stereocenters. The number of hydrogen-bond donors (Lipinski definition) is 0. The van der Waals surface area contributed by atoms with E-state index in [1.807, 2.05) is 44.2 Å². The molecule has 1 aliphatic rings.